The van der Waals surface area contributed by atoms with Crippen LogP contribution in [0.2, 0.25) is 5.02 Å². The van der Waals surface area contributed by atoms with Crippen LogP contribution in [0, 0.1) is 5.82 Å². The van der Waals surface area contributed by atoms with Gasteiger partial charge in [0, 0.05) is 5.02 Å². The van der Waals surface area contributed by atoms with Crippen LogP contribution in [0.15, 0.2) is 42.5 Å². The summed E-state index contributed by atoms with van der Waals surface area (Å²) in [6.07, 6.45) is 0.624. The molecule has 0 fully saturated rings. The molecule has 0 amide bonds. The Bertz CT molecular complexity index is 592. The Morgan fingerprint density at radius 1 is 1.30 bits per heavy atom. The predicted molar refractivity (Wildman–Crippen MR) is 78.2 cm³/mol. The van der Waals surface area contributed by atoms with E-state index in [1.54, 1.807) is 13.2 Å². The van der Waals surface area contributed by atoms with Crippen molar-refractivity contribution in [2.45, 2.75) is 12.5 Å². The summed E-state index contributed by atoms with van der Waals surface area (Å²) in [4.78, 5) is 0. The van der Waals surface area contributed by atoms with E-state index in [1.807, 2.05) is 24.3 Å². The van der Waals surface area contributed by atoms with Gasteiger partial charge in [0.2, 0.25) is 0 Å². The molecule has 20 heavy (non-hydrogen) atoms. The molecule has 5 heteroatoms. The Hall–Kier alpha value is -1.62. The number of hydrazine groups is 1. The molecule has 3 nitrogen and oxygen atoms in total. The molecular weight excluding hydrogens is 279 g/mol. The molecule has 3 N–H and O–H groups in total. The van der Waals surface area contributed by atoms with Crippen LogP contribution in [0.1, 0.15) is 17.2 Å². The number of ether oxygens (including phenoxy) is 1. The first kappa shape index (κ1) is 14.8. The van der Waals surface area contributed by atoms with Gasteiger partial charge in [0.25, 0.3) is 0 Å². The van der Waals surface area contributed by atoms with Crippen molar-refractivity contribution in [1.82, 2.24) is 5.43 Å². The first-order valence-electron chi connectivity index (χ1n) is 6.18. The van der Waals surface area contributed by atoms with Gasteiger partial charge < -0.3 is 4.74 Å². The molecule has 0 aliphatic heterocycles. The third-order valence-corrected chi connectivity index (χ3v) is 3.44. The van der Waals surface area contributed by atoms with Crippen LogP contribution in [0.5, 0.6) is 5.75 Å². The van der Waals surface area contributed by atoms with Gasteiger partial charge in [-0.1, -0.05) is 29.8 Å². The summed E-state index contributed by atoms with van der Waals surface area (Å²) in [5.74, 6) is 6.01. The van der Waals surface area contributed by atoms with Crippen LogP contribution in [0.3, 0.4) is 0 Å². The van der Waals surface area contributed by atoms with Crippen LogP contribution < -0.4 is 16.0 Å². The lowest BCUT2D eigenvalue weighted by Gasteiger charge is -2.18. The maximum atomic E-state index is 13.1. The smallest absolute Gasteiger partial charge is 0.124 e. The number of nitrogens with one attached hydrogen (secondary N) is 1. The molecule has 0 bridgehead atoms. The minimum Gasteiger partial charge on any atom is -0.497 e. The normalized spacial score (nSPS) is 12.2. The molecule has 2 aromatic rings. The number of hydrogen-bond donors (Lipinski definition) is 2. The second-order valence-electron chi connectivity index (χ2n) is 4.44. The van der Waals surface area contributed by atoms with E-state index >= 15 is 0 Å². The fourth-order valence-corrected chi connectivity index (χ4v) is 2.38. The molecule has 106 valence electrons. The molecule has 0 radical (unpaired) electrons. The zero-order valence-corrected chi connectivity index (χ0v) is 11.8. The Kier molecular flexibility index (Phi) is 4.95. The summed E-state index contributed by atoms with van der Waals surface area (Å²) in [5.41, 5.74) is 4.53. The average Bonchev–Trinajstić information content (AvgIpc) is 2.45. The lowest BCUT2D eigenvalue weighted by molar-refractivity contribution is 0.414. The van der Waals surface area contributed by atoms with E-state index in [-0.39, 0.29) is 11.9 Å². The second-order valence-corrected chi connectivity index (χ2v) is 4.85. The van der Waals surface area contributed by atoms with Crippen LogP contribution in [0.25, 0.3) is 0 Å². The lowest BCUT2D eigenvalue weighted by atomic mass is 9.99. The standard InChI is InChI=1S/C15H16ClFN2O/c1-20-12-4-2-3-10(7-12)8-15(19-18)13-6-5-11(17)9-14(13)16/h2-7,9,15,19H,8,18H2,1H3. The minimum absolute atomic E-state index is 0.199. The van der Waals surface area contributed by atoms with Crippen molar-refractivity contribution in [2.24, 2.45) is 5.84 Å². The summed E-state index contributed by atoms with van der Waals surface area (Å²) in [5, 5.41) is 0.357. The Balaban J connectivity index is 2.23. The van der Waals surface area contributed by atoms with E-state index in [0.29, 0.717) is 11.4 Å². The third-order valence-electron chi connectivity index (χ3n) is 3.11. The second kappa shape index (κ2) is 6.70. The van der Waals surface area contributed by atoms with Gasteiger partial charge in [-0.25, -0.2) is 4.39 Å². The number of rotatable bonds is 5. The van der Waals surface area contributed by atoms with E-state index in [1.165, 1.54) is 12.1 Å². The zero-order chi connectivity index (χ0) is 14.5. The van der Waals surface area contributed by atoms with Crippen molar-refractivity contribution in [3.8, 4) is 5.75 Å². The topological polar surface area (TPSA) is 47.3 Å². The zero-order valence-electron chi connectivity index (χ0n) is 11.1. The molecule has 0 heterocycles. The number of hydrogen-bond acceptors (Lipinski definition) is 3. The molecule has 2 rings (SSSR count). The summed E-state index contributed by atoms with van der Waals surface area (Å²) in [6.45, 7) is 0. The van der Waals surface area contributed by atoms with Gasteiger partial charge in [-0.2, -0.15) is 0 Å². The van der Waals surface area contributed by atoms with Crippen LogP contribution in [-0.4, -0.2) is 7.11 Å². The van der Waals surface area contributed by atoms with Crippen molar-refractivity contribution in [1.29, 1.82) is 0 Å². The van der Waals surface area contributed by atoms with Crippen molar-refractivity contribution >= 4 is 11.6 Å². The monoisotopic (exact) mass is 294 g/mol. The highest BCUT2D eigenvalue weighted by Crippen LogP contribution is 2.27. The van der Waals surface area contributed by atoms with Gasteiger partial charge in [-0.15, -0.1) is 0 Å². The van der Waals surface area contributed by atoms with Gasteiger partial charge in [0.05, 0.1) is 13.2 Å². The molecule has 0 aromatic heterocycles. The van der Waals surface area contributed by atoms with Gasteiger partial charge in [-0.05, 0) is 41.8 Å². The SMILES string of the molecule is COc1cccc(CC(NN)c2ccc(F)cc2Cl)c1. The molecule has 1 unspecified atom stereocenters. The highest BCUT2D eigenvalue weighted by molar-refractivity contribution is 6.31. The summed E-state index contributed by atoms with van der Waals surface area (Å²) >= 11 is 6.07. The molecule has 1 atom stereocenters. The fraction of sp³-hybridized carbons (Fsp3) is 0.200. The van der Waals surface area contributed by atoms with Crippen molar-refractivity contribution < 1.29 is 9.13 Å². The van der Waals surface area contributed by atoms with E-state index in [2.05, 4.69) is 5.43 Å². The van der Waals surface area contributed by atoms with Crippen molar-refractivity contribution in [3.63, 3.8) is 0 Å². The van der Waals surface area contributed by atoms with Gasteiger partial charge in [0.1, 0.15) is 11.6 Å². The third kappa shape index (κ3) is 3.48. The number of halogens is 2. The molecule has 0 spiro atoms. The van der Waals surface area contributed by atoms with Crippen LogP contribution >= 0.6 is 11.6 Å². The Labute approximate surface area is 122 Å². The Morgan fingerprint density at radius 2 is 2.10 bits per heavy atom. The highest BCUT2D eigenvalue weighted by atomic mass is 35.5. The molecular formula is C15H16ClFN2O. The molecule has 0 aliphatic carbocycles. The van der Waals surface area contributed by atoms with Gasteiger partial charge in [0.15, 0.2) is 0 Å². The lowest BCUT2D eigenvalue weighted by Crippen LogP contribution is -2.29. The predicted octanol–water partition coefficient (Wildman–Crippen LogP) is 3.23. The average molecular weight is 295 g/mol. The van der Waals surface area contributed by atoms with E-state index < -0.39 is 0 Å². The first-order chi connectivity index (χ1) is 9.63. The van der Waals surface area contributed by atoms with E-state index in [0.717, 1.165) is 16.9 Å². The largest absolute Gasteiger partial charge is 0.497 e. The van der Waals surface area contributed by atoms with Crippen molar-refractivity contribution in [2.75, 3.05) is 7.11 Å². The summed E-state index contributed by atoms with van der Waals surface area (Å²) in [6, 6.07) is 11.8. The first-order valence-corrected chi connectivity index (χ1v) is 6.56. The van der Waals surface area contributed by atoms with Gasteiger partial charge >= 0.3 is 0 Å². The van der Waals surface area contributed by atoms with Crippen LogP contribution in [-0.2, 0) is 6.42 Å². The maximum absolute atomic E-state index is 13.1. The van der Waals surface area contributed by atoms with E-state index in [4.69, 9.17) is 22.2 Å². The number of nitrogens with two attached hydrogens (primary N) is 1. The number of benzene rings is 2. The molecule has 0 saturated carbocycles. The van der Waals surface area contributed by atoms with E-state index in [9.17, 15) is 4.39 Å². The molecule has 0 saturated heterocycles. The Morgan fingerprint density at radius 3 is 2.75 bits per heavy atom. The molecule has 2 aromatic carbocycles. The number of methoxy groups -OCH3 is 1. The fourth-order valence-electron chi connectivity index (χ4n) is 2.08. The quantitative estimate of drug-likeness (QED) is 0.657. The van der Waals surface area contributed by atoms with Crippen molar-refractivity contribution in [3.05, 3.63) is 64.4 Å². The summed E-state index contributed by atoms with van der Waals surface area (Å²) < 4.78 is 18.3. The van der Waals surface area contributed by atoms with Crippen LogP contribution in [0.4, 0.5) is 4.39 Å². The summed E-state index contributed by atoms with van der Waals surface area (Å²) in [7, 11) is 1.62. The minimum atomic E-state index is -0.365. The molecule has 0 aliphatic rings. The maximum Gasteiger partial charge on any atom is 0.124 e. The highest BCUT2D eigenvalue weighted by Gasteiger charge is 2.15. The van der Waals surface area contributed by atoms with Gasteiger partial charge in [-0.3, -0.25) is 11.3 Å².